The van der Waals surface area contributed by atoms with Crippen molar-refractivity contribution in [1.82, 2.24) is 5.32 Å². The molecular weight excluding hydrogens is 1120 g/mol. The molecule has 3 unspecified atom stereocenters. The summed E-state index contributed by atoms with van der Waals surface area (Å²) in [6.45, 7) is 6.61. The van der Waals surface area contributed by atoms with Gasteiger partial charge >= 0.3 is 5.97 Å². The Hall–Kier alpha value is -3.85. The number of amides is 1. The van der Waals surface area contributed by atoms with Crippen LogP contribution in [0.2, 0.25) is 0 Å². The molecule has 3 atom stereocenters. The van der Waals surface area contributed by atoms with E-state index >= 15 is 0 Å². The van der Waals surface area contributed by atoms with Gasteiger partial charge in [0.05, 0.1) is 33.8 Å². The molecule has 0 fully saturated rings. The molecular formula is C79H137N2O7P. The molecule has 0 heterocycles. The minimum atomic E-state index is -4.72. The Kier molecular flexibility index (Phi) is 64.2. The summed E-state index contributed by atoms with van der Waals surface area (Å²) in [5, 5.41) is 3.04. The van der Waals surface area contributed by atoms with Gasteiger partial charge in [0, 0.05) is 12.8 Å². The van der Waals surface area contributed by atoms with E-state index in [9.17, 15) is 19.0 Å². The van der Waals surface area contributed by atoms with Crippen LogP contribution in [0.4, 0.5) is 0 Å². The number of likely N-dealkylation sites (N-methyl/N-ethyl adjacent to an activating group) is 1. The lowest BCUT2D eigenvalue weighted by Crippen LogP contribution is -2.47. The monoisotopic (exact) mass is 1260 g/mol. The van der Waals surface area contributed by atoms with Crippen molar-refractivity contribution in [2.45, 2.75) is 315 Å². The highest BCUT2D eigenvalue weighted by atomic mass is 31.2. The van der Waals surface area contributed by atoms with E-state index in [1.54, 1.807) is 0 Å². The fourth-order valence-electron chi connectivity index (χ4n) is 10.0. The SMILES string of the molecule is CC/C=C\C/C=C\C/C=C\C/C=C\C/C=C\CCCCCCCCCCCCCC(=O)NC(COP(=O)([O-])OCC[N+](C)(C)C)C(/C=C/CCCCCCCCCCC)OC(=O)CCCCCCCCCCC/C=C\C/C=C\C/C=C\C/C=C\C/C=C\CC. The molecule has 9 nitrogen and oxygen atoms in total. The zero-order chi connectivity index (χ0) is 64.9. The second kappa shape index (κ2) is 67.1. The van der Waals surface area contributed by atoms with Crippen molar-refractivity contribution in [3.05, 3.63) is 134 Å². The molecule has 1 amide bonds. The van der Waals surface area contributed by atoms with E-state index in [0.29, 0.717) is 17.4 Å². The highest BCUT2D eigenvalue weighted by Crippen LogP contribution is 2.38. The number of carbonyl (C=O) groups is 2. The number of unbranched alkanes of at least 4 members (excludes halogenated alkanes) is 29. The fraction of sp³-hybridized carbons (Fsp3) is 0.696. The van der Waals surface area contributed by atoms with E-state index in [-0.39, 0.29) is 24.9 Å². The Morgan fingerprint density at radius 1 is 0.404 bits per heavy atom. The zero-order valence-electron chi connectivity index (χ0n) is 58.3. The van der Waals surface area contributed by atoms with Crippen LogP contribution in [0.1, 0.15) is 303 Å². The van der Waals surface area contributed by atoms with Crippen LogP contribution >= 0.6 is 7.82 Å². The smallest absolute Gasteiger partial charge is 0.306 e. The second-order valence-corrected chi connectivity index (χ2v) is 26.7. The summed E-state index contributed by atoms with van der Waals surface area (Å²) < 4.78 is 30.5. The number of ether oxygens (including phenoxy) is 1. The lowest BCUT2D eigenvalue weighted by molar-refractivity contribution is -0.870. The molecule has 0 aliphatic rings. The summed E-state index contributed by atoms with van der Waals surface area (Å²) in [7, 11) is 1.17. The van der Waals surface area contributed by atoms with Gasteiger partial charge in [0.1, 0.15) is 19.3 Å². The number of esters is 1. The highest BCUT2D eigenvalue weighted by Gasteiger charge is 2.27. The van der Waals surface area contributed by atoms with Gasteiger partial charge in [-0.05, 0) is 122 Å². The van der Waals surface area contributed by atoms with Crippen LogP contribution < -0.4 is 10.2 Å². The van der Waals surface area contributed by atoms with E-state index in [2.05, 4.69) is 148 Å². The summed E-state index contributed by atoms with van der Waals surface area (Å²) in [4.78, 5) is 40.2. The van der Waals surface area contributed by atoms with Crippen LogP contribution in [-0.4, -0.2) is 69.4 Å². The number of phosphoric acid groups is 1. The Morgan fingerprint density at radius 2 is 0.719 bits per heavy atom. The largest absolute Gasteiger partial charge is 0.756 e. The molecule has 1 N–H and O–H groups in total. The molecule has 0 aliphatic heterocycles. The number of rotatable bonds is 65. The molecule has 0 aromatic heterocycles. The van der Waals surface area contributed by atoms with E-state index < -0.39 is 26.6 Å². The summed E-state index contributed by atoms with van der Waals surface area (Å²) in [5.41, 5.74) is 0. The number of carbonyl (C=O) groups excluding carboxylic acids is 2. The quantitative estimate of drug-likeness (QED) is 0.0212. The van der Waals surface area contributed by atoms with Crippen molar-refractivity contribution in [3.63, 3.8) is 0 Å². The molecule has 0 rings (SSSR count). The van der Waals surface area contributed by atoms with Crippen LogP contribution in [0.25, 0.3) is 0 Å². The van der Waals surface area contributed by atoms with Crippen LogP contribution in [-0.2, 0) is 27.9 Å². The first kappa shape index (κ1) is 85.2. The Balaban J connectivity index is 5.01. The normalized spacial score (nSPS) is 14.3. The molecule has 0 aromatic carbocycles. The van der Waals surface area contributed by atoms with Gasteiger partial charge in [0.25, 0.3) is 7.82 Å². The lowest BCUT2D eigenvalue weighted by Gasteiger charge is -2.30. The van der Waals surface area contributed by atoms with Crippen molar-refractivity contribution < 1.29 is 37.3 Å². The van der Waals surface area contributed by atoms with Gasteiger partial charge in [0.15, 0.2) is 0 Å². The Morgan fingerprint density at radius 3 is 1.08 bits per heavy atom. The summed E-state index contributed by atoms with van der Waals surface area (Å²) in [6.07, 6.45) is 95.8. The van der Waals surface area contributed by atoms with E-state index in [1.807, 2.05) is 33.3 Å². The maximum Gasteiger partial charge on any atom is 0.306 e. The van der Waals surface area contributed by atoms with Crippen LogP contribution in [0.15, 0.2) is 134 Å². The van der Waals surface area contributed by atoms with Crippen molar-refractivity contribution in [2.24, 2.45) is 0 Å². The maximum atomic E-state index is 13.6. The average molecular weight is 1260 g/mol. The van der Waals surface area contributed by atoms with Gasteiger partial charge in [-0.2, -0.15) is 0 Å². The third kappa shape index (κ3) is 68.4. The maximum absolute atomic E-state index is 13.6. The molecule has 0 aromatic rings. The molecule has 510 valence electrons. The number of quaternary nitrogens is 1. The van der Waals surface area contributed by atoms with Crippen LogP contribution in [0, 0.1) is 0 Å². The summed E-state index contributed by atoms with van der Waals surface area (Å²) in [5.74, 6) is -0.554. The topological polar surface area (TPSA) is 114 Å². The van der Waals surface area contributed by atoms with Gasteiger partial charge in [0.2, 0.25) is 5.91 Å². The van der Waals surface area contributed by atoms with Gasteiger partial charge in [-0.3, -0.25) is 14.2 Å². The van der Waals surface area contributed by atoms with Gasteiger partial charge < -0.3 is 28.5 Å². The summed E-state index contributed by atoms with van der Waals surface area (Å²) >= 11 is 0. The number of hydrogen-bond acceptors (Lipinski definition) is 7. The third-order valence-electron chi connectivity index (χ3n) is 15.6. The Labute approximate surface area is 549 Å². The molecule has 0 saturated carbocycles. The molecule has 10 heteroatoms. The molecule has 0 bridgehead atoms. The van der Waals surface area contributed by atoms with Gasteiger partial charge in [-0.1, -0.05) is 302 Å². The van der Waals surface area contributed by atoms with Crippen molar-refractivity contribution in [3.8, 4) is 0 Å². The predicted molar refractivity (Wildman–Crippen MR) is 385 cm³/mol. The minimum absolute atomic E-state index is 0.0300. The van der Waals surface area contributed by atoms with E-state index in [4.69, 9.17) is 13.8 Å². The number of nitrogens with one attached hydrogen (secondary N) is 1. The number of allylic oxidation sites excluding steroid dienone is 21. The molecule has 0 saturated heterocycles. The third-order valence-corrected chi connectivity index (χ3v) is 16.5. The van der Waals surface area contributed by atoms with Crippen molar-refractivity contribution in [2.75, 3.05) is 40.9 Å². The number of hydrogen-bond donors (Lipinski definition) is 1. The lowest BCUT2D eigenvalue weighted by atomic mass is 10.0. The Bertz CT molecular complexity index is 1990. The second-order valence-electron chi connectivity index (χ2n) is 25.3. The van der Waals surface area contributed by atoms with Crippen molar-refractivity contribution >= 4 is 19.7 Å². The predicted octanol–water partition coefficient (Wildman–Crippen LogP) is 22.9. The first-order valence-corrected chi connectivity index (χ1v) is 38.0. The fourth-order valence-corrected chi connectivity index (χ4v) is 10.8. The minimum Gasteiger partial charge on any atom is -0.756 e. The first-order chi connectivity index (χ1) is 43.4. The average Bonchev–Trinajstić information content (AvgIpc) is 3.70. The van der Waals surface area contributed by atoms with E-state index in [1.165, 1.54) is 122 Å². The summed E-state index contributed by atoms with van der Waals surface area (Å²) in [6, 6.07) is -0.903. The van der Waals surface area contributed by atoms with Crippen molar-refractivity contribution in [1.29, 1.82) is 0 Å². The van der Waals surface area contributed by atoms with Gasteiger partial charge in [-0.25, -0.2) is 0 Å². The van der Waals surface area contributed by atoms with Crippen LogP contribution in [0.5, 0.6) is 0 Å². The zero-order valence-corrected chi connectivity index (χ0v) is 59.2. The molecule has 0 aliphatic carbocycles. The standard InChI is InChI=1S/C79H137N2O7P/c1-7-10-13-16-19-22-25-27-29-31-33-35-37-39-40-42-43-45-47-49-51-53-56-59-62-65-68-71-78(82)80-76(75-87-89(84,85)86-74-73-81(4,5)6)77(70-67-64-61-58-55-24-21-18-15-12-9-3)88-79(83)72-69-66-63-60-57-54-52-50-48-46-44-41-38-36-34-32-30-28-26-23-20-17-14-11-8-2/h10-11,13-14,19-20,22-23,27-30,33-36,39-41,44,67,70,76-77H,7-9,12,15-18,21,24-26,31-32,37-38,42-43,45-66,68-69,71-75H2,1-6H3,(H-,80,82,84,85)/b13-10-,14-11-,22-19-,23-20-,29-27-,30-28-,35-33-,36-34-,40-39-,44-41-,70-67+. The molecule has 89 heavy (non-hydrogen) atoms. The number of nitrogens with zero attached hydrogens (tertiary/aromatic N) is 1. The van der Waals surface area contributed by atoms with Gasteiger partial charge in [-0.15, -0.1) is 0 Å². The number of phosphoric ester groups is 1. The van der Waals surface area contributed by atoms with E-state index in [0.717, 1.165) is 148 Å². The molecule has 0 radical (unpaired) electrons. The molecule has 0 spiro atoms. The first-order valence-electron chi connectivity index (χ1n) is 36.5. The van der Waals surface area contributed by atoms with Crippen LogP contribution in [0.3, 0.4) is 0 Å². The highest BCUT2D eigenvalue weighted by molar-refractivity contribution is 7.45.